The average Bonchev–Trinajstić information content (AvgIpc) is 2.98. The Hall–Kier alpha value is -3.17. The molecule has 2 aromatic heterocycles. The lowest BCUT2D eigenvalue weighted by Crippen LogP contribution is -2.51. The molecule has 5 nitrogen and oxygen atoms in total. The minimum Gasteiger partial charge on any atom is -0.332 e. The van der Waals surface area contributed by atoms with Gasteiger partial charge in [-0.1, -0.05) is 36.2 Å². The van der Waals surface area contributed by atoms with E-state index in [1.54, 1.807) is 16.9 Å². The van der Waals surface area contributed by atoms with Crippen molar-refractivity contribution in [1.82, 2.24) is 19.7 Å². The third-order valence-electron chi connectivity index (χ3n) is 4.38. The van der Waals surface area contributed by atoms with Crippen LogP contribution < -0.4 is 0 Å². The summed E-state index contributed by atoms with van der Waals surface area (Å²) in [5, 5.41) is 5.97. The van der Waals surface area contributed by atoms with Gasteiger partial charge in [0.25, 0.3) is 5.91 Å². The maximum atomic E-state index is 13.0. The van der Waals surface area contributed by atoms with Gasteiger partial charge in [0.2, 0.25) is 0 Å². The number of amides is 1. The topological polar surface area (TPSA) is 51.0 Å². The zero-order valence-electron chi connectivity index (χ0n) is 14.2. The van der Waals surface area contributed by atoms with Crippen LogP contribution in [0, 0.1) is 11.8 Å². The Morgan fingerprint density at radius 1 is 1.22 bits per heavy atom. The normalized spacial score (nSPS) is 13.8. The number of pyridine rings is 1. The highest BCUT2D eigenvalue weighted by atomic mass is 35.5. The quantitative estimate of drug-likeness (QED) is 0.506. The fourth-order valence-electron chi connectivity index (χ4n) is 2.96. The fraction of sp³-hybridized carbons (Fsp3) is 0.150. The molecular formula is C20H14ClFN4O. The molecular weight excluding hydrogens is 367 g/mol. The van der Waals surface area contributed by atoms with Gasteiger partial charge in [-0.25, -0.2) is 14.1 Å². The van der Waals surface area contributed by atoms with Gasteiger partial charge in [-0.15, -0.1) is 0 Å². The van der Waals surface area contributed by atoms with Crippen LogP contribution in [0.15, 0.2) is 55.0 Å². The van der Waals surface area contributed by atoms with Gasteiger partial charge in [-0.05, 0) is 30.2 Å². The monoisotopic (exact) mass is 380 g/mol. The number of hydrogen-bond acceptors (Lipinski definition) is 3. The van der Waals surface area contributed by atoms with Crippen molar-refractivity contribution in [2.75, 3.05) is 13.1 Å². The number of nitrogens with zero attached hydrogens (tertiary/aromatic N) is 4. The molecule has 4 rings (SSSR count). The lowest BCUT2D eigenvalue weighted by molar-refractivity contribution is -0.134. The Bertz CT molecular complexity index is 1120. The summed E-state index contributed by atoms with van der Waals surface area (Å²) in [6.45, 7) is 3.76. The second-order valence-corrected chi connectivity index (χ2v) is 6.57. The molecule has 1 amide bonds. The molecule has 0 saturated carbocycles. The number of rotatable bonds is 2. The standard InChI is InChI=1S/C20H14ClFN4O/c1-13(22)20(27)25-11-15(12-25)26-19-16(6-4-10-23-19)18(24-26)9-8-14-5-2-3-7-17(14)21/h2-7,10,15H,1,11-12H2. The molecule has 0 N–H and O–H groups in total. The van der Waals surface area contributed by atoms with Crippen LogP contribution in [0.25, 0.3) is 11.0 Å². The largest absolute Gasteiger partial charge is 0.332 e. The van der Waals surface area contributed by atoms with Crippen molar-refractivity contribution in [3.8, 4) is 11.8 Å². The first-order chi connectivity index (χ1) is 13.0. The molecule has 0 unspecified atom stereocenters. The number of aromatic nitrogens is 3. The predicted octanol–water partition coefficient (Wildman–Crippen LogP) is 3.35. The number of benzene rings is 1. The Balaban J connectivity index is 1.66. The van der Waals surface area contributed by atoms with Crippen LogP contribution in [-0.4, -0.2) is 38.7 Å². The summed E-state index contributed by atoms with van der Waals surface area (Å²) in [5.41, 5.74) is 1.97. The van der Waals surface area contributed by atoms with Crippen molar-refractivity contribution in [1.29, 1.82) is 0 Å². The van der Waals surface area contributed by atoms with Gasteiger partial charge >= 0.3 is 0 Å². The van der Waals surface area contributed by atoms with Gasteiger partial charge in [-0.2, -0.15) is 5.10 Å². The maximum absolute atomic E-state index is 13.0. The van der Waals surface area contributed by atoms with Crippen molar-refractivity contribution >= 4 is 28.5 Å². The van der Waals surface area contributed by atoms with E-state index in [2.05, 4.69) is 28.5 Å². The molecule has 1 aliphatic rings. The highest BCUT2D eigenvalue weighted by Gasteiger charge is 2.35. The third-order valence-corrected chi connectivity index (χ3v) is 4.71. The lowest BCUT2D eigenvalue weighted by atomic mass is 10.1. The van der Waals surface area contributed by atoms with E-state index in [0.29, 0.717) is 35.0 Å². The van der Waals surface area contributed by atoms with Crippen LogP contribution in [0.5, 0.6) is 0 Å². The molecule has 1 aromatic carbocycles. The van der Waals surface area contributed by atoms with Gasteiger partial charge in [0.05, 0.1) is 16.5 Å². The molecule has 0 atom stereocenters. The van der Waals surface area contributed by atoms with Gasteiger partial charge in [0, 0.05) is 24.8 Å². The predicted molar refractivity (Wildman–Crippen MR) is 101 cm³/mol. The molecule has 1 fully saturated rings. The Labute approximate surface area is 160 Å². The van der Waals surface area contributed by atoms with Gasteiger partial charge < -0.3 is 4.90 Å². The van der Waals surface area contributed by atoms with Crippen molar-refractivity contribution in [2.24, 2.45) is 0 Å². The first-order valence-electron chi connectivity index (χ1n) is 8.28. The van der Waals surface area contributed by atoms with Crippen LogP contribution in [0.4, 0.5) is 4.39 Å². The first kappa shape index (κ1) is 17.3. The number of carbonyl (C=O) groups is 1. The summed E-state index contributed by atoms with van der Waals surface area (Å²) >= 11 is 6.15. The van der Waals surface area contributed by atoms with E-state index in [1.807, 2.05) is 30.3 Å². The summed E-state index contributed by atoms with van der Waals surface area (Å²) in [4.78, 5) is 17.4. The second kappa shape index (κ2) is 6.86. The smallest absolute Gasteiger partial charge is 0.282 e. The van der Waals surface area contributed by atoms with E-state index in [-0.39, 0.29) is 6.04 Å². The highest BCUT2D eigenvalue weighted by Crippen LogP contribution is 2.27. The molecule has 0 spiro atoms. The highest BCUT2D eigenvalue weighted by molar-refractivity contribution is 6.31. The molecule has 3 heterocycles. The van der Waals surface area contributed by atoms with Crippen molar-refractivity contribution in [2.45, 2.75) is 6.04 Å². The van der Waals surface area contributed by atoms with Gasteiger partial charge in [-0.3, -0.25) is 4.79 Å². The minimum atomic E-state index is -0.955. The van der Waals surface area contributed by atoms with Crippen LogP contribution in [-0.2, 0) is 4.79 Å². The fourth-order valence-corrected chi connectivity index (χ4v) is 3.14. The van der Waals surface area contributed by atoms with Crippen LogP contribution >= 0.6 is 11.6 Å². The van der Waals surface area contributed by atoms with Crippen molar-refractivity contribution < 1.29 is 9.18 Å². The average molecular weight is 381 g/mol. The van der Waals surface area contributed by atoms with E-state index in [4.69, 9.17) is 11.6 Å². The molecule has 1 saturated heterocycles. The Kier molecular flexibility index (Phi) is 4.38. The molecule has 0 radical (unpaired) electrons. The minimum absolute atomic E-state index is 0.0819. The van der Waals surface area contributed by atoms with E-state index in [9.17, 15) is 9.18 Å². The zero-order chi connectivity index (χ0) is 19.0. The molecule has 7 heteroatoms. The van der Waals surface area contributed by atoms with Crippen molar-refractivity contribution in [3.05, 3.63) is 71.3 Å². The summed E-state index contributed by atoms with van der Waals surface area (Å²) < 4.78 is 14.7. The van der Waals surface area contributed by atoms with Crippen molar-refractivity contribution in [3.63, 3.8) is 0 Å². The molecule has 0 aliphatic carbocycles. The molecule has 1 aliphatic heterocycles. The lowest BCUT2D eigenvalue weighted by Gasteiger charge is -2.38. The SMILES string of the molecule is C=C(F)C(=O)N1CC(n2nc(C#Cc3ccccc3Cl)c3cccnc32)C1. The summed E-state index contributed by atoms with van der Waals surface area (Å²) in [6, 6.07) is 11.0. The number of fused-ring (bicyclic) bond motifs is 1. The Morgan fingerprint density at radius 2 is 2.00 bits per heavy atom. The van der Waals surface area contributed by atoms with Crippen LogP contribution in [0.3, 0.4) is 0 Å². The van der Waals surface area contributed by atoms with E-state index in [0.717, 1.165) is 5.39 Å². The van der Waals surface area contributed by atoms with Crippen LogP contribution in [0.2, 0.25) is 5.02 Å². The molecule has 0 bridgehead atoms. The maximum Gasteiger partial charge on any atom is 0.282 e. The number of hydrogen-bond donors (Lipinski definition) is 0. The summed E-state index contributed by atoms with van der Waals surface area (Å²) in [5.74, 6) is 4.46. The molecule has 27 heavy (non-hydrogen) atoms. The molecule has 3 aromatic rings. The van der Waals surface area contributed by atoms with Gasteiger partial charge in [0.1, 0.15) is 5.69 Å². The van der Waals surface area contributed by atoms with E-state index >= 15 is 0 Å². The summed E-state index contributed by atoms with van der Waals surface area (Å²) in [7, 11) is 0. The van der Waals surface area contributed by atoms with E-state index < -0.39 is 11.7 Å². The molecule has 134 valence electrons. The number of likely N-dealkylation sites (tertiary alicyclic amines) is 1. The Morgan fingerprint density at radius 3 is 2.74 bits per heavy atom. The number of carbonyl (C=O) groups excluding carboxylic acids is 1. The first-order valence-corrected chi connectivity index (χ1v) is 8.66. The zero-order valence-corrected chi connectivity index (χ0v) is 14.9. The summed E-state index contributed by atoms with van der Waals surface area (Å²) in [6.07, 6.45) is 1.68. The van der Waals surface area contributed by atoms with E-state index in [1.165, 1.54) is 4.90 Å². The van der Waals surface area contributed by atoms with Gasteiger partial charge in [0.15, 0.2) is 11.5 Å². The second-order valence-electron chi connectivity index (χ2n) is 6.17. The number of halogens is 2. The van der Waals surface area contributed by atoms with Crippen LogP contribution in [0.1, 0.15) is 17.3 Å². The third kappa shape index (κ3) is 3.18.